The monoisotopic (exact) mass is 365 g/mol. The molecule has 0 aliphatic carbocycles. The van der Waals surface area contributed by atoms with Crippen molar-refractivity contribution in [3.63, 3.8) is 0 Å². The summed E-state index contributed by atoms with van der Waals surface area (Å²) in [5.74, 6) is -0.346. The minimum Gasteiger partial charge on any atom is -0.381 e. The van der Waals surface area contributed by atoms with Gasteiger partial charge in [-0.2, -0.15) is 18.3 Å². The van der Waals surface area contributed by atoms with Gasteiger partial charge in [-0.15, -0.1) is 0 Å². The molecule has 0 aliphatic rings. The highest BCUT2D eigenvalue weighted by molar-refractivity contribution is 5.50. The van der Waals surface area contributed by atoms with Gasteiger partial charge in [0.15, 0.2) is 5.69 Å². The molecule has 1 aromatic heterocycles. The Morgan fingerprint density at radius 3 is 2.42 bits per heavy atom. The molecule has 0 atom stereocenters. The minimum atomic E-state index is -4.48. The van der Waals surface area contributed by atoms with Crippen LogP contribution >= 0.6 is 0 Å². The first-order valence-corrected chi connectivity index (χ1v) is 7.88. The summed E-state index contributed by atoms with van der Waals surface area (Å²) < 4.78 is 53.2. The largest absolute Gasteiger partial charge is 0.435 e. The van der Waals surface area contributed by atoms with Crippen molar-refractivity contribution in [1.29, 1.82) is 0 Å². The molecule has 3 nitrogen and oxygen atoms in total. The molecule has 0 saturated carbocycles. The molecule has 0 radical (unpaired) electrons. The number of allylic oxidation sites excluding steroid dienone is 3. The number of hydrogen-bond acceptors (Lipinski definition) is 2. The Bertz CT molecular complexity index is 827. The maximum absolute atomic E-state index is 13.7. The summed E-state index contributed by atoms with van der Waals surface area (Å²) in [6.07, 6.45) is -0.0501. The Kier molecular flexibility index (Phi) is 6.02. The number of hydrogen-bond donors (Lipinski definition) is 1. The molecule has 0 bridgehead atoms. The lowest BCUT2D eigenvalue weighted by Gasteiger charge is -2.10. The van der Waals surface area contributed by atoms with Crippen molar-refractivity contribution in [2.45, 2.75) is 20.0 Å². The number of halogens is 4. The zero-order valence-electron chi connectivity index (χ0n) is 14.4. The zero-order valence-corrected chi connectivity index (χ0v) is 14.4. The van der Waals surface area contributed by atoms with E-state index in [0.29, 0.717) is 22.6 Å². The minimum absolute atomic E-state index is 0.251. The van der Waals surface area contributed by atoms with Crippen LogP contribution in [0.3, 0.4) is 0 Å². The first kappa shape index (κ1) is 19.5. The number of alkyl halides is 3. The van der Waals surface area contributed by atoms with Crippen LogP contribution in [0, 0.1) is 6.92 Å². The van der Waals surface area contributed by atoms with E-state index < -0.39 is 11.9 Å². The molecule has 0 spiro atoms. The molecule has 0 saturated heterocycles. The lowest BCUT2D eigenvalue weighted by molar-refractivity contribution is -0.141. The molecule has 138 valence electrons. The molecule has 1 heterocycles. The first-order chi connectivity index (χ1) is 12.3. The van der Waals surface area contributed by atoms with Gasteiger partial charge in [-0.05, 0) is 44.2 Å². The van der Waals surface area contributed by atoms with E-state index in [1.165, 1.54) is 16.8 Å². The summed E-state index contributed by atoms with van der Waals surface area (Å²) in [6, 6.07) is 7.68. The Hall–Kier alpha value is -2.83. The molecule has 1 aromatic carbocycles. The van der Waals surface area contributed by atoms with Gasteiger partial charge in [-0.1, -0.05) is 24.8 Å². The smallest absolute Gasteiger partial charge is 0.381 e. The van der Waals surface area contributed by atoms with Crippen LogP contribution in [0.1, 0.15) is 18.3 Å². The lowest BCUT2D eigenvalue weighted by atomic mass is 10.2. The van der Waals surface area contributed by atoms with Crippen molar-refractivity contribution in [3.8, 4) is 5.69 Å². The van der Waals surface area contributed by atoms with Crippen molar-refractivity contribution < 1.29 is 17.6 Å². The molecule has 26 heavy (non-hydrogen) atoms. The second-order valence-corrected chi connectivity index (χ2v) is 5.55. The average Bonchev–Trinajstić information content (AvgIpc) is 3.00. The number of aromatic nitrogens is 2. The van der Waals surface area contributed by atoms with E-state index in [1.807, 2.05) is 0 Å². The molecular weight excluding hydrogens is 346 g/mol. The molecule has 1 N–H and O–H groups in total. The molecule has 0 aliphatic heterocycles. The fourth-order valence-corrected chi connectivity index (χ4v) is 2.34. The van der Waals surface area contributed by atoms with Gasteiger partial charge in [0.2, 0.25) is 0 Å². The normalized spacial score (nSPS) is 13.0. The molecule has 0 fully saturated rings. The highest BCUT2D eigenvalue weighted by atomic mass is 19.4. The first-order valence-electron chi connectivity index (χ1n) is 7.88. The van der Waals surface area contributed by atoms with Gasteiger partial charge in [0.25, 0.3) is 0 Å². The Morgan fingerprint density at radius 1 is 1.27 bits per heavy atom. The highest BCUT2D eigenvalue weighted by Crippen LogP contribution is 2.29. The van der Waals surface area contributed by atoms with E-state index in [4.69, 9.17) is 0 Å². The number of benzene rings is 1. The fourth-order valence-electron chi connectivity index (χ4n) is 2.34. The number of nitrogens with one attached hydrogen (secondary N) is 1. The van der Waals surface area contributed by atoms with Crippen LogP contribution in [0.5, 0.6) is 0 Å². The zero-order chi connectivity index (χ0) is 19.3. The lowest BCUT2D eigenvalue weighted by Crippen LogP contribution is -2.08. The van der Waals surface area contributed by atoms with Crippen LogP contribution in [-0.2, 0) is 6.18 Å². The van der Waals surface area contributed by atoms with Crippen LogP contribution in [0.15, 0.2) is 66.5 Å². The maximum Gasteiger partial charge on any atom is 0.435 e. The predicted octanol–water partition coefficient (Wildman–Crippen LogP) is 5.60. The third-order valence-electron chi connectivity index (χ3n) is 3.65. The third kappa shape index (κ3) is 4.62. The van der Waals surface area contributed by atoms with Crippen LogP contribution < -0.4 is 5.32 Å². The van der Waals surface area contributed by atoms with E-state index in [-0.39, 0.29) is 12.4 Å². The average molecular weight is 365 g/mol. The highest BCUT2D eigenvalue weighted by Gasteiger charge is 2.34. The Morgan fingerprint density at radius 2 is 1.92 bits per heavy atom. The van der Waals surface area contributed by atoms with Gasteiger partial charge in [0.1, 0.15) is 5.83 Å². The molecule has 2 rings (SSSR count). The van der Waals surface area contributed by atoms with Crippen molar-refractivity contribution in [2.75, 3.05) is 11.9 Å². The van der Waals surface area contributed by atoms with Gasteiger partial charge < -0.3 is 5.32 Å². The van der Waals surface area contributed by atoms with Gasteiger partial charge in [-0.25, -0.2) is 9.07 Å². The van der Waals surface area contributed by atoms with Gasteiger partial charge in [0, 0.05) is 23.5 Å². The molecule has 0 amide bonds. The topological polar surface area (TPSA) is 29.9 Å². The van der Waals surface area contributed by atoms with Gasteiger partial charge in [0.05, 0.1) is 5.69 Å². The van der Waals surface area contributed by atoms with Gasteiger partial charge >= 0.3 is 6.18 Å². The molecule has 2 aromatic rings. The summed E-state index contributed by atoms with van der Waals surface area (Å²) in [4.78, 5) is 0. The standard InChI is InChI=1S/C19H19F4N3/c1-4-6-14(17(20)5-2)12-24-15-7-9-16(10-8-15)26-13(3)11-18(25-26)19(21,22)23/h4-11,24H,1,12H2,2-3H3/b14-6-,17-5+. The van der Waals surface area contributed by atoms with E-state index in [1.54, 1.807) is 44.2 Å². The number of aryl methyl sites for hydroxylation is 1. The number of rotatable bonds is 6. The maximum atomic E-state index is 13.7. The number of nitrogens with zero attached hydrogens (tertiary/aromatic N) is 2. The second-order valence-electron chi connectivity index (χ2n) is 5.55. The fraction of sp³-hybridized carbons (Fsp3) is 0.211. The van der Waals surface area contributed by atoms with E-state index in [9.17, 15) is 17.6 Å². The Balaban J connectivity index is 2.15. The van der Waals surface area contributed by atoms with E-state index in [2.05, 4.69) is 17.0 Å². The molecule has 7 heteroatoms. The van der Waals surface area contributed by atoms with Crippen molar-refractivity contribution in [1.82, 2.24) is 9.78 Å². The summed E-state index contributed by atoms with van der Waals surface area (Å²) in [7, 11) is 0. The van der Waals surface area contributed by atoms with Crippen LogP contribution in [0.2, 0.25) is 0 Å². The summed E-state index contributed by atoms with van der Waals surface area (Å²) in [5.41, 5.74) is 1.10. The van der Waals surface area contributed by atoms with E-state index >= 15 is 0 Å². The SMILES string of the molecule is C=C/C=C(CNc1ccc(-n2nc(C(F)(F)F)cc2C)cc1)\C(F)=C/C. The number of anilines is 1. The summed E-state index contributed by atoms with van der Waals surface area (Å²) in [5, 5.41) is 6.67. The molecule has 0 unspecified atom stereocenters. The van der Waals surface area contributed by atoms with Crippen LogP contribution in [-0.4, -0.2) is 16.3 Å². The predicted molar refractivity (Wildman–Crippen MR) is 94.9 cm³/mol. The summed E-state index contributed by atoms with van der Waals surface area (Å²) in [6.45, 7) is 6.96. The van der Waals surface area contributed by atoms with Crippen LogP contribution in [0.25, 0.3) is 5.69 Å². The quantitative estimate of drug-likeness (QED) is 0.534. The van der Waals surface area contributed by atoms with Crippen molar-refractivity contribution in [3.05, 3.63) is 77.9 Å². The third-order valence-corrected chi connectivity index (χ3v) is 3.65. The van der Waals surface area contributed by atoms with Crippen molar-refractivity contribution in [2.24, 2.45) is 0 Å². The molecular formula is C19H19F4N3. The second kappa shape index (κ2) is 8.03. The van der Waals surface area contributed by atoms with E-state index in [0.717, 1.165) is 6.07 Å². The summed E-state index contributed by atoms with van der Waals surface area (Å²) >= 11 is 0. The van der Waals surface area contributed by atoms with Crippen LogP contribution in [0.4, 0.5) is 23.2 Å². The Labute approximate surface area is 149 Å². The van der Waals surface area contributed by atoms with Gasteiger partial charge in [-0.3, -0.25) is 0 Å². The van der Waals surface area contributed by atoms with Crippen molar-refractivity contribution >= 4 is 5.69 Å².